The van der Waals surface area contributed by atoms with E-state index >= 15 is 0 Å². The van der Waals surface area contributed by atoms with Gasteiger partial charge in [-0.3, -0.25) is 9.79 Å². The summed E-state index contributed by atoms with van der Waals surface area (Å²) in [5.41, 5.74) is 0. The van der Waals surface area contributed by atoms with Crippen molar-refractivity contribution in [3.63, 3.8) is 0 Å². The van der Waals surface area contributed by atoms with Crippen LogP contribution in [0.1, 0.15) is 39.0 Å². The van der Waals surface area contributed by atoms with E-state index in [0.717, 1.165) is 38.7 Å². The molecule has 8 nitrogen and oxygen atoms in total. The van der Waals surface area contributed by atoms with Gasteiger partial charge in [-0.05, 0) is 39.3 Å². The Morgan fingerprint density at radius 2 is 1.93 bits per heavy atom. The summed E-state index contributed by atoms with van der Waals surface area (Å²) in [6.07, 6.45) is 4.70. The highest BCUT2D eigenvalue weighted by Crippen LogP contribution is 2.11. The summed E-state index contributed by atoms with van der Waals surface area (Å²) in [6, 6.07) is -0.237. The van der Waals surface area contributed by atoms with Crippen molar-refractivity contribution in [2.24, 2.45) is 4.99 Å². The maximum atomic E-state index is 12.0. The van der Waals surface area contributed by atoms with Crippen molar-refractivity contribution in [2.75, 3.05) is 50.8 Å². The predicted molar refractivity (Wildman–Crippen MR) is 120 cm³/mol. The molecule has 1 unspecified atom stereocenters. The lowest BCUT2D eigenvalue weighted by Crippen LogP contribution is -2.41. The van der Waals surface area contributed by atoms with E-state index in [-0.39, 0.29) is 47.4 Å². The Hall–Kier alpha value is -0.620. The number of halogens is 1. The molecule has 27 heavy (non-hydrogen) atoms. The molecule has 0 radical (unpaired) electrons. The van der Waals surface area contributed by atoms with Gasteiger partial charge < -0.3 is 20.9 Å². The third-order valence-corrected chi connectivity index (χ3v) is 6.49. The van der Waals surface area contributed by atoms with E-state index in [2.05, 4.69) is 25.8 Å². The van der Waals surface area contributed by atoms with Crippen LogP contribution in [-0.4, -0.2) is 82.0 Å². The number of guanidine groups is 1. The summed E-state index contributed by atoms with van der Waals surface area (Å²) in [7, 11) is -2.97. The maximum absolute atomic E-state index is 12.0. The van der Waals surface area contributed by atoms with Crippen molar-refractivity contribution >= 4 is 45.7 Å². The number of nitrogens with one attached hydrogen (secondary N) is 3. The third-order valence-electron chi connectivity index (χ3n) is 4.72. The first-order valence-electron chi connectivity index (χ1n) is 9.73. The molecule has 0 aliphatic carbocycles. The van der Waals surface area contributed by atoms with E-state index in [1.165, 1.54) is 19.3 Å². The minimum atomic E-state index is -2.97. The van der Waals surface area contributed by atoms with Crippen LogP contribution in [-0.2, 0) is 14.6 Å². The summed E-state index contributed by atoms with van der Waals surface area (Å²) >= 11 is 0. The molecule has 2 aliphatic heterocycles. The van der Waals surface area contributed by atoms with Crippen LogP contribution in [0.15, 0.2) is 4.99 Å². The van der Waals surface area contributed by atoms with Crippen molar-refractivity contribution < 1.29 is 13.2 Å². The monoisotopic (exact) mass is 515 g/mol. The van der Waals surface area contributed by atoms with Gasteiger partial charge in [0.15, 0.2) is 15.8 Å². The first-order valence-corrected chi connectivity index (χ1v) is 11.5. The lowest BCUT2D eigenvalue weighted by molar-refractivity contribution is -0.121. The van der Waals surface area contributed by atoms with Crippen molar-refractivity contribution in [3.05, 3.63) is 0 Å². The smallest absolute Gasteiger partial charge is 0.222 e. The Balaban J connectivity index is 0.00000364. The van der Waals surface area contributed by atoms with Gasteiger partial charge in [-0.25, -0.2) is 8.42 Å². The van der Waals surface area contributed by atoms with Gasteiger partial charge in [0.1, 0.15) is 0 Å². The Morgan fingerprint density at radius 3 is 2.56 bits per heavy atom. The highest BCUT2D eigenvalue weighted by atomic mass is 127. The highest BCUT2D eigenvalue weighted by Gasteiger charge is 2.28. The summed E-state index contributed by atoms with van der Waals surface area (Å²) in [5.74, 6) is 0.835. The zero-order valence-electron chi connectivity index (χ0n) is 16.2. The Morgan fingerprint density at radius 1 is 1.19 bits per heavy atom. The van der Waals surface area contributed by atoms with Crippen LogP contribution in [0.2, 0.25) is 0 Å². The van der Waals surface area contributed by atoms with Crippen LogP contribution < -0.4 is 16.0 Å². The average molecular weight is 515 g/mol. The quantitative estimate of drug-likeness (QED) is 0.245. The molecule has 2 heterocycles. The summed E-state index contributed by atoms with van der Waals surface area (Å²) < 4.78 is 22.8. The molecule has 0 spiro atoms. The molecule has 3 N–H and O–H groups in total. The fourth-order valence-corrected chi connectivity index (χ4v) is 5.00. The van der Waals surface area contributed by atoms with E-state index in [1.807, 2.05) is 6.92 Å². The van der Waals surface area contributed by atoms with Crippen LogP contribution in [0.5, 0.6) is 0 Å². The first-order chi connectivity index (χ1) is 12.5. The van der Waals surface area contributed by atoms with E-state index in [9.17, 15) is 13.2 Å². The first kappa shape index (κ1) is 24.4. The van der Waals surface area contributed by atoms with Gasteiger partial charge >= 0.3 is 0 Å². The van der Waals surface area contributed by atoms with Crippen LogP contribution in [0.4, 0.5) is 0 Å². The highest BCUT2D eigenvalue weighted by molar-refractivity contribution is 14.0. The zero-order valence-corrected chi connectivity index (χ0v) is 19.4. The molecule has 0 aromatic heterocycles. The van der Waals surface area contributed by atoms with Crippen molar-refractivity contribution in [1.82, 2.24) is 20.9 Å². The summed E-state index contributed by atoms with van der Waals surface area (Å²) in [6.45, 7) is 7.28. The molecule has 0 bridgehead atoms. The van der Waals surface area contributed by atoms with E-state index in [1.54, 1.807) is 0 Å². The molecule has 1 amide bonds. The van der Waals surface area contributed by atoms with Crippen molar-refractivity contribution in [1.29, 1.82) is 0 Å². The number of carbonyl (C=O) groups is 1. The second-order valence-corrected chi connectivity index (χ2v) is 9.24. The molecular formula is C17H34IN5O3S. The number of nitrogens with zero attached hydrogens (tertiary/aromatic N) is 2. The number of hydrogen-bond acceptors (Lipinski definition) is 5. The molecule has 2 fully saturated rings. The van der Waals surface area contributed by atoms with E-state index < -0.39 is 9.84 Å². The summed E-state index contributed by atoms with van der Waals surface area (Å²) in [4.78, 5) is 19.0. The number of carbonyl (C=O) groups excluding carboxylic acids is 1. The normalized spacial score (nSPS) is 22.7. The second kappa shape index (κ2) is 12.8. The van der Waals surface area contributed by atoms with E-state index in [0.29, 0.717) is 19.4 Å². The second-order valence-electron chi connectivity index (χ2n) is 7.01. The number of piperidine rings is 1. The van der Waals surface area contributed by atoms with Crippen LogP contribution in [0.3, 0.4) is 0 Å². The fourth-order valence-electron chi connectivity index (χ4n) is 3.33. The third kappa shape index (κ3) is 9.93. The van der Waals surface area contributed by atoms with Gasteiger partial charge in [-0.2, -0.15) is 0 Å². The van der Waals surface area contributed by atoms with Crippen LogP contribution >= 0.6 is 24.0 Å². The number of likely N-dealkylation sites (tertiary alicyclic amines) is 1. The lowest BCUT2D eigenvalue weighted by atomic mass is 10.1. The number of rotatable bonds is 8. The van der Waals surface area contributed by atoms with Crippen molar-refractivity contribution in [2.45, 2.75) is 45.1 Å². The van der Waals surface area contributed by atoms with Crippen LogP contribution in [0, 0.1) is 0 Å². The Kier molecular flexibility index (Phi) is 11.5. The van der Waals surface area contributed by atoms with Gasteiger partial charge in [0.2, 0.25) is 5.91 Å². The van der Waals surface area contributed by atoms with Crippen molar-refractivity contribution in [3.8, 4) is 0 Å². The van der Waals surface area contributed by atoms with Gasteiger partial charge in [0, 0.05) is 32.1 Å². The molecule has 2 aliphatic rings. The SMILES string of the molecule is CCNC(=NCCN1CCCCC1)NCCC(=O)NC1CCS(=O)(=O)C1.I. The maximum Gasteiger partial charge on any atom is 0.222 e. The molecule has 0 aromatic carbocycles. The minimum absolute atomic E-state index is 0. The summed E-state index contributed by atoms with van der Waals surface area (Å²) in [5, 5.41) is 9.16. The Bertz CT molecular complexity index is 579. The number of hydrogen-bond donors (Lipinski definition) is 3. The topological polar surface area (TPSA) is 103 Å². The molecular weight excluding hydrogens is 481 g/mol. The molecule has 0 saturated carbocycles. The predicted octanol–water partition coefficient (Wildman–Crippen LogP) is 0.339. The number of amides is 1. The van der Waals surface area contributed by atoms with Gasteiger partial charge in [0.25, 0.3) is 0 Å². The average Bonchev–Trinajstić information content (AvgIpc) is 2.94. The van der Waals surface area contributed by atoms with E-state index in [4.69, 9.17) is 0 Å². The standard InChI is InChI=1S/C17H33N5O3S.HI/c1-2-18-17(20-9-12-22-10-4-3-5-11-22)19-8-6-16(23)21-15-7-13-26(24,25)14-15;/h15H,2-14H2,1H3,(H,21,23)(H2,18,19,20);1H. The molecule has 0 aromatic rings. The fraction of sp³-hybridized carbons (Fsp3) is 0.882. The Labute approximate surface area is 180 Å². The number of sulfone groups is 1. The molecule has 10 heteroatoms. The van der Waals surface area contributed by atoms with Gasteiger partial charge in [-0.15, -0.1) is 24.0 Å². The zero-order chi connectivity index (χ0) is 18.8. The minimum Gasteiger partial charge on any atom is -0.357 e. The van der Waals surface area contributed by atoms with Gasteiger partial charge in [-0.1, -0.05) is 6.42 Å². The largest absolute Gasteiger partial charge is 0.357 e. The molecule has 1 atom stereocenters. The molecule has 158 valence electrons. The molecule has 2 rings (SSSR count). The van der Waals surface area contributed by atoms with Gasteiger partial charge in [0.05, 0.1) is 18.1 Å². The number of aliphatic imine (C=N–C) groups is 1. The lowest BCUT2D eigenvalue weighted by Gasteiger charge is -2.25. The molecule has 2 saturated heterocycles. The van der Waals surface area contributed by atoms with Crippen LogP contribution in [0.25, 0.3) is 0 Å².